The zero-order valence-corrected chi connectivity index (χ0v) is 14.5. The number of halogens is 2. The molecule has 0 bridgehead atoms. The van der Waals surface area contributed by atoms with Crippen LogP contribution in [0.2, 0.25) is 10.0 Å². The Labute approximate surface area is 144 Å². The first-order valence-electron chi connectivity index (χ1n) is 6.94. The minimum atomic E-state index is -0.136. The maximum absolute atomic E-state index is 6.20. The fraction of sp³-hybridized carbons (Fsp3) is 0.333. The number of aromatic nitrogens is 2. The molecule has 0 saturated heterocycles. The van der Waals surface area contributed by atoms with E-state index in [1.807, 2.05) is 19.1 Å². The lowest BCUT2D eigenvalue weighted by molar-refractivity contribution is 0.596. The number of nitrogens with zero attached hydrogens (tertiary/aromatic N) is 2. The molecule has 1 heterocycles. The van der Waals surface area contributed by atoms with Crippen LogP contribution in [-0.4, -0.2) is 16.5 Å². The van der Waals surface area contributed by atoms with Crippen LogP contribution in [0.1, 0.15) is 30.3 Å². The SMILES string of the molecule is Cc1nc(C(N)CCCN)cnc1Sc1cccc(Cl)c1Cl. The highest BCUT2D eigenvalue weighted by atomic mass is 35.5. The average molecular weight is 357 g/mol. The molecule has 0 fully saturated rings. The van der Waals surface area contributed by atoms with Gasteiger partial charge in [0.25, 0.3) is 0 Å². The fourth-order valence-corrected chi connectivity index (χ4v) is 3.25. The van der Waals surface area contributed by atoms with Crippen molar-refractivity contribution in [3.05, 3.63) is 45.8 Å². The summed E-state index contributed by atoms with van der Waals surface area (Å²) in [5.74, 6) is 0. The van der Waals surface area contributed by atoms with Crippen molar-refractivity contribution >= 4 is 35.0 Å². The van der Waals surface area contributed by atoms with Gasteiger partial charge in [-0.05, 0) is 38.4 Å². The first kappa shape index (κ1) is 17.5. The Balaban J connectivity index is 2.18. The highest BCUT2D eigenvalue weighted by molar-refractivity contribution is 7.99. The molecule has 0 amide bonds. The van der Waals surface area contributed by atoms with Crippen LogP contribution in [0.3, 0.4) is 0 Å². The lowest BCUT2D eigenvalue weighted by Gasteiger charge is -2.12. The van der Waals surface area contributed by atoms with Gasteiger partial charge in [0.15, 0.2) is 0 Å². The molecule has 0 radical (unpaired) electrons. The predicted molar refractivity (Wildman–Crippen MR) is 92.6 cm³/mol. The molecule has 4 N–H and O–H groups in total. The second-order valence-electron chi connectivity index (χ2n) is 4.88. The summed E-state index contributed by atoms with van der Waals surface area (Å²) in [7, 11) is 0. The molecule has 22 heavy (non-hydrogen) atoms. The average Bonchev–Trinajstić information content (AvgIpc) is 2.51. The highest BCUT2D eigenvalue weighted by Crippen LogP contribution is 2.37. The molecule has 7 heteroatoms. The number of benzene rings is 1. The van der Waals surface area contributed by atoms with Gasteiger partial charge in [-0.15, -0.1) is 0 Å². The summed E-state index contributed by atoms with van der Waals surface area (Å²) in [4.78, 5) is 9.86. The molecule has 1 aromatic heterocycles. The lowest BCUT2D eigenvalue weighted by atomic mass is 10.1. The Kier molecular flexibility index (Phi) is 6.47. The van der Waals surface area contributed by atoms with Gasteiger partial charge >= 0.3 is 0 Å². The maximum Gasteiger partial charge on any atom is 0.122 e. The molecular formula is C15H18Cl2N4S. The molecule has 1 unspecified atom stereocenters. The van der Waals surface area contributed by atoms with Crippen LogP contribution in [0.25, 0.3) is 0 Å². The van der Waals surface area contributed by atoms with E-state index in [-0.39, 0.29) is 6.04 Å². The third-order valence-electron chi connectivity index (χ3n) is 3.14. The maximum atomic E-state index is 6.20. The fourth-order valence-electron chi connectivity index (χ4n) is 1.92. The van der Waals surface area contributed by atoms with Crippen molar-refractivity contribution in [2.75, 3.05) is 6.54 Å². The van der Waals surface area contributed by atoms with Gasteiger partial charge in [-0.25, -0.2) is 4.98 Å². The second kappa shape index (κ2) is 8.13. The molecule has 4 nitrogen and oxygen atoms in total. The number of hydrogen-bond donors (Lipinski definition) is 2. The highest BCUT2D eigenvalue weighted by Gasteiger charge is 2.13. The largest absolute Gasteiger partial charge is 0.330 e. The van der Waals surface area contributed by atoms with Crippen molar-refractivity contribution < 1.29 is 0 Å². The zero-order valence-electron chi connectivity index (χ0n) is 12.2. The Morgan fingerprint density at radius 3 is 2.77 bits per heavy atom. The number of aryl methyl sites for hydroxylation is 1. The van der Waals surface area contributed by atoms with Gasteiger partial charge in [-0.2, -0.15) is 0 Å². The predicted octanol–water partition coefficient (Wildman–Crippen LogP) is 3.98. The molecule has 0 aliphatic rings. The van der Waals surface area contributed by atoms with E-state index in [1.165, 1.54) is 11.8 Å². The minimum absolute atomic E-state index is 0.136. The van der Waals surface area contributed by atoms with Crippen molar-refractivity contribution in [3.63, 3.8) is 0 Å². The monoisotopic (exact) mass is 356 g/mol. The van der Waals surface area contributed by atoms with E-state index >= 15 is 0 Å². The van der Waals surface area contributed by atoms with E-state index < -0.39 is 0 Å². The van der Waals surface area contributed by atoms with Gasteiger partial charge in [0, 0.05) is 10.9 Å². The van der Waals surface area contributed by atoms with Crippen LogP contribution in [-0.2, 0) is 0 Å². The summed E-state index contributed by atoms with van der Waals surface area (Å²) in [6, 6.07) is 5.38. The van der Waals surface area contributed by atoms with Gasteiger partial charge in [0.05, 0.1) is 27.6 Å². The Bertz CT molecular complexity index is 651. The Hall–Kier alpha value is -0.850. The van der Waals surface area contributed by atoms with Gasteiger partial charge in [-0.1, -0.05) is 41.0 Å². The van der Waals surface area contributed by atoms with Crippen molar-refractivity contribution in [2.24, 2.45) is 11.5 Å². The number of rotatable bonds is 6. The van der Waals surface area contributed by atoms with Crippen LogP contribution >= 0.6 is 35.0 Å². The van der Waals surface area contributed by atoms with Gasteiger partial charge in [-0.3, -0.25) is 4.98 Å². The third kappa shape index (κ3) is 4.33. The van der Waals surface area contributed by atoms with E-state index in [0.717, 1.165) is 34.2 Å². The quantitative estimate of drug-likeness (QED) is 0.818. The van der Waals surface area contributed by atoms with E-state index in [9.17, 15) is 0 Å². The van der Waals surface area contributed by atoms with Crippen LogP contribution in [0.15, 0.2) is 34.3 Å². The van der Waals surface area contributed by atoms with Crippen LogP contribution in [0.5, 0.6) is 0 Å². The second-order valence-corrected chi connectivity index (χ2v) is 6.69. The summed E-state index contributed by atoms with van der Waals surface area (Å²) >= 11 is 13.7. The van der Waals surface area contributed by atoms with Gasteiger partial charge in [0.1, 0.15) is 5.03 Å². The van der Waals surface area contributed by atoms with Crippen molar-refractivity contribution in [3.8, 4) is 0 Å². The molecule has 1 aromatic carbocycles. The van der Waals surface area contributed by atoms with Crippen LogP contribution < -0.4 is 11.5 Å². The molecule has 1 atom stereocenters. The van der Waals surface area contributed by atoms with Crippen LogP contribution in [0, 0.1) is 6.92 Å². The smallest absolute Gasteiger partial charge is 0.122 e. The normalized spacial score (nSPS) is 12.4. The summed E-state index contributed by atoms with van der Waals surface area (Å²) in [5, 5.41) is 1.84. The molecule has 0 aliphatic carbocycles. The topological polar surface area (TPSA) is 77.8 Å². The number of nitrogens with two attached hydrogens (primary N) is 2. The third-order valence-corrected chi connectivity index (χ3v) is 5.23. The Morgan fingerprint density at radius 2 is 2.09 bits per heavy atom. The standard InChI is InChI=1S/C15H18Cl2N4S/c1-9-15(22-13-6-2-4-10(16)14(13)17)20-8-12(21-9)11(19)5-3-7-18/h2,4,6,8,11H,3,5,7,18-19H2,1H3. The number of hydrogen-bond acceptors (Lipinski definition) is 5. The van der Waals surface area contributed by atoms with E-state index in [0.29, 0.717) is 16.6 Å². The minimum Gasteiger partial charge on any atom is -0.330 e. The molecular weight excluding hydrogens is 339 g/mol. The molecule has 118 valence electrons. The first-order chi connectivity index (χ1) is 10.5. The molecule has 0 aliphatic heterocycles. The van der Waals surface area contributed by atoms with Gasteiger partial charge < -0.3 is 11.5 Å². The van der Waals surface area contributed by atoms with Crippen molar-refractivity contribution in [2.45, 2.75) is 35.7 Å². The van der Waals surface area contributed by atoms with Crippen molar-refractivity contribution in [1.82, 2.24) is 9.97 Å². The molecule has 0 spiro atoms. The molecule has 2 rings (SSSR count). The van der Waals surface area contributed by atoms with E-state index in [4.69, 9.17) is 34.7 Å². The summed E-state index contributed by atoms with van der Waals surface area (Å²) in [6.07, 6.45) is 3.39. The van der Waals surface area contributed by atoms with E-state index in [2.05, 4.69) is 9.97 Å². The molecule has 0 saturated carbocycles. The van der Waals surface area contributed by atoms with Gasteiger partial charge in [0.2, 0.25) is 0 Å². The van der Waals surface area contributed by atoms with E-state index in [1.54, 1.807) is 12.3 Å². The van der Waals surface area contributed by atoms with Crippen LogP contribution in [0.4, 0.5) is 0 Å². The van der Waals surface area contributed by atoms with Crippen molar-refractivity contribution in [1.29, 1.82) is 0 Å². The zero-order chi connectivity index (χ0) is 16.1. The summed E-state index contributed by atoms with van der Waals surface area (Å²) in [6.45, 7) is 2.54. The lowest BCUT2D eigenvalue weighted by Crippen LogP contribution is -2.15. The first-order valence-corrected chi connectivity index (χ1v) is 8.51. The Morgan fingerprint density at radius 1 is 1.32 bits per heavy atom. The summed E-state index contributed by atoms with van der Waals surface area (Å²) < 4.78 is 0. The molecule has 2 aromatic rings. The summed E-state index contributed by atoms with van der Waals surface area (Å²) in [5.41, 5.74) is 13.2.